The van der Waals surface area contributed by atoms with E-state index in [-0.39, 0.29) is 17.1 Å². The molecule has 0 aliphatic carbocycles. The lowest BCUT2D eigenvalue weighted by Crippen LogP contribution is -2.52. The lowest BCUT2D eigenvalue weighted by Gasteiger charge is -2.44. The van der Waals surface area contributed by atoms with Crippen LogP contribution in [-0.2, 0) is 4.79 Å². The van der Waals surface area contributed by atoms with E-state index in [1.165, 1.54) is 18.4 Å². The van der Waals surface area contributed by atoms with Gasteiger partial charge in [0.15, 0.2) is 11.2 Å². The normalized spacial score (nSPS) is 17.4. The van der Waals surface area contributed by atoms with Crippen LogP contribution in [0.4, 0.5) is 0 Å². The van der Waals surface area contributed by atoms with E-state index in [4.69, 9.17) is 9.15 Å². The van der Waals surface area contributed by atoms with Crippen LogP contribution >= 0.6 is 0 Å². The number of likely N-dealkylation sites (tertiary alicyclic amines) is 1. The van der Waals surface area contributed by atoms with Crippen LogP contribution < -0.4 is 10.2 Å². The summed E-state index contributed by atoms with van der Waals surface area (Å²) in [5, 5.41) is 0.483. The molecule has 1 spiro atoms. The second-order valence-corrected chi connectivity index (χ2v) is 9.02. The van der Waals surface area contributed by atoms with Crippen LogP contribution in [-0.4, -0.2) is 35.3 Å². The first-order chi connectivity index (χ1) is 15.8. The summed E-state index contributed by atoms with van der Waals surface area (Å²) >= 11 is 0. The predicted octanol–water partition coefficient (Wildman–Crippen LogP) is 4.45. The Labute approximate surface area is 191 Å². The van der Waals surface area contributed by atoms with E-state index < -0.39 is 5.60 Å². The van der Waals surface area contributed by atoms with Gasteiger partial charge in [-0.3, -0.25) is 14.4 Å². The van der Waals surface area contributed by atoms with E-state index in [1.54, 1.807) is 29.2 Å². The number of Topliss-reactive ketones (excluding diaryl/α,β-unsaturated/α-hetero) is 1. The molecule has 2 aromatic carbocycles. The van der Waals surface area contributed by atoms with Gasteiger partial charge in [0.2, 0.25) is 5.91 Å². The molecule has 0 radical (unpaired) electrons. The largest absolute Gasteiger partial charge is 0.486 e. The van der Waals surface area contributed by atoms with Gasteiger partial charge in [-0.2, -0.15) is 0 Å². The van der Waals surface area contributed by atoms with Gasteiger partial charge >= 0.3 is 0 Å². The van der Waals surface area contributed by atoms with Crippen molar-refractivity contribution in [1.29, 1.82) is 0 Å². The Kier molecular flexibility index (Phi) is 5.16. The molecule has 3 aromatic rings. The number of ether oxygens (including phenoxy) is 1. The summed E-state index contributed by atoms with van der Waals surface area (Å²) in [7, 11) is 0. The second kappa shape index (κ2) is 8.03. The highest BCUT2D eigenvalue weighted by Gasteiger charge is 2.44. The Morgan fingerprint density at radius 1 is 1.09 bits per heavy atom. The van der Waals surface area contributed by atoms with Crippen LogP contribution in [0.3, 0.4) is 0 Å². The molecule has 0 saturated carbocycles. The summed E-state index contributed by atoms with van der Waals surface area (Å²) in [6.07, 6.45) is 5.80. The van der Waals surface area contributed by atoms with Gasteiger partial charge in [0, 0.05) is 32.0 Å². The third-order valence-corrected chi connectivity index (χ3v) is 6.62. The summed E-state index contributed by atoms with van der Waals surface area (Å²) in [5.74, 6) is 0.608. The lowest BCUT2D eigenvalue weighted by atomic mass is 9.81. The molecule has 0 bridgehead atoms. The number of para-hydroxylation sites is 1. The number of aryl methyl sites for hydroxylation is 2. The van der Waals surface area contributed by atoms with Crippen LogP contribution in [0.1, 0.15) is 46.3 Å². The van der Waals surface area contributed by atoms with Crippen LogP contribution in [0.25, 0.3) is 17.0 Å². The molecule has 1 aromatic heterocycles. The van der Waals surface area contributed by atoms with E-state index in [2.05, 4.69) is 0 Å². The quantitative estimate of drug-likeness (QED) is 0.547. The van der Waals surface area contributed by atoms with E-state index in [9.17, 15) is 14.4 Å². The number of hydrogen-bond acceptors (Lipinski definition) is 5. The number of amides is 1. The van der Waals surface area contributed by atoms with Crippen molar-refractivity contribution in [2.75, 3.05) is 13.1 Å². The number of carbonyl (C=O) groups is 2. The van der Waals surface area contributed by atoms with E-state index >= 15 is 0 Å². The highest BCUT2D eigenvalue weighted by atomic mass is 16.5. The minimum Gasteiger partial charge on any atom is -0.486 e. The highest BCUT2D eigenvalue weighted by molar-refractivity contribution is 6.01. The smallest absolute Gasteiger partial charge is 0.246 e. The summed E-state index contributed by atoms with van der Waals surface area (Å²) in [6.45, 7) is 4.92. The maximum Gasteiger partial charge on any atom is 0.246 e. The van der Waals surface area contributed by atoms with Crippen molar-refractivity contribution in [2.45, 2.75) is 38.7 Å². The zero-order valence-corrected chi connectivity index (χ0v) is 18.7. The van der Waals surface area contributed by atoms with E-state index in [1.807, 2.05) is 26.0 Å². The van der Waals surface area contributed by atoms with Crippen molar-refractivity contribution in [3.8, 4) is 5.75 Å². The second-order valence-electron chi connectivity index (χ2n) is 9.02. The third kappa shape index (κ3) is 3.86. The van der Waals surface area contributed by atoms with Gasteiger partial charge < -0.3 is 14.1 Å². The first-order valence-corrected chi connectivity index (χ1v) is 11.2. The summed E-state index contributed by atoms with van der Waals surface area (Å²) in [6, 6.07) is 10.9. The molecular weight excluding hydrogens is 418 g/mol. The molecule has 5 rings (SSSR count). The van der Waals surface area contributed by atoms with Gasteiger partial charge in [-0.25, -0.2) is 0 Å². The Bertz CT molecular complexity index is 1360. The third-order valence-electron chi connectivity index (χ3n) is 6.62. The van der Waals surface area contributed by atoms with Crippen LogP contribution in [0, 0.1) is 13.8 Å². The topological polar surface area (TPSA) is 76.8 Å². The Morgan fingerprint density at radius 2 is 1.85 bits per heavy atom. The van der Waals surface area contributed by atoms with E-state index in [0.717, 1.165) is 11.1 Å². The standard InChI is InChI=1S/C27H25NO5/c1-17-13-18(2)26-21(14-17)22(29)15-27(33-26)9-11-28(12-10-27)24(30)8-7-19-16-32-23-6-4-3-5-20(23)25(19)31/h3-8,13-14,16H,9-12,15H2,1-2H3/b8-7+. The molecule has 1 amide bonds. The summed E-state index contributed by atoms with van der Waals surface area (Å²) < 4.78 is 11.9. The van der Waals surface area contributed by atoms with Gasteiger partial charge in [0.05, 0.1) is 22.9 Å². The average molecular weight is 443 g/mol. The van der Waals surface area contributed by atoms with Gasteiger partial charge in [-0.15, -0.1) is 0 Å². The van der Waals surface area contributed by atoms with Crippen molar-refractivity contribution in [3.05, 3.63) is 81.2 Å². The number of carbonyl (C=O) groups excluding carboxylic acids is 2. The number of ketones is 1. The number of fused-ring (bicyclic) bond motifs is 2. The molecule has 33 heavy (non-hydrogen) atoms. The lowest BCUT2D eigenvalue weighted by molar-refractivity contribution is -0.129. The zero-order chi connectivity index (χ0) is 23.2. The monoisotopic (exact) mass is 443 g/mol. The van der Waals surface area contributed by atoms with Crippen molar-refractivity contribution in [3.63, 3.8) is 0 Å². The molecule has 0 unspecified atom stereocenters. The molecule has 2 aliphatic heterocycles. The van der Waals surface area contributed by atoms with Crippen LogP contribution in [0.5, 0.6) is 5.75 Å². The SMILES string of the molecule is Cc1cc(C)c2c(c1)C(=O)CC1(CCN(C(=O)/C=C/c3coc4ccccc4c3=O)CC1)O2. The maximum absolute atomic E-state index is 12.9. The van der Waals surface area contributed by atoms with Crippen molar-refractivity contribution >= 4 is 28.7 Å². The fourth-order valence-electron chi connectivity index (χ4n) is 4.83. The van der Waals surface area contributed by atoms with Crippen molar-refractivity contribution < 1.29 is 18.7 Å². The minimum atomic E-state index is -0.565. The van der Waals surface area contributed by atoms with E-state index in [0.29, 0.717) is 60.2 Å². The number of piperidine rings is 1. The van der Waals surface area contributed by atoms with Crippen molar-refractivity contribution in [1.82, 2.24) is 4.90 Å². The van der Waals surface area contributed by atoms with Crippen LogP contribution in [0.15, 0.2) is 57.9 Å². The molecule has 0 atom stereocenters. The predicted molar refractivity (Wildman–Crippen MR) is 126 cm³/mol. The fraction of sp³-hybridized carbons (Fsp3) is 0.296. The molecule has 0 N–H and O–H groups in total. The molecule has 2 aliphatic rings. The Hall–Kier alpha value is -3.67. The van der Waals surface area contributed by atoms with Gasteiger partial charge in [0.1, 0.15) is 23.2 Å². The fourth-order valence-corrected chi connectivity index (χ4v) is 4.83. The van der Waals surface area contributed by atoms with Crippen molar-refractivity contribution in [2.24, 2.45) is 0 Å². The summed E-state index contributed by atoms with van der Waals surface area (Å²) in [5.41, 5.74) is 2.79. The Balaban J connectivity index is 1.29. The average Bonchev–Trinajstić information content (AvgIpc) is 2.80. The Morgan fingerprint density at radius 3 is 2.64 bits per heavy atom. The molecule has 1 fully saturated rings. The maximum atomic E-state index is 12.9. The zero-order valence-electron chi connectivity index (χ0n) is 18.7. The number of benzene rings is 2. The van der Waals surface area contributed by atoms with Gasteiger partial charge in [-0.05, 0) is 49.2 Å². The number of nitrogens with zero attached hydrogens (tertiary/aromatic N) is 1. The molecule has 6 nitrogen and oxygen atoms in total. The highest BCUT2D eigenvalue weighted by Crippen LogP contribution is 2.41. The summed E-state index contributed by atoms with van der Waals surface area (Å²) in [4.78, 5) is 40.0. The van der Waals surface area contributed by atoms with Crippen LogP contribution in [0.2, 0.25) is 0 Å². The number of rotatable bonds is 2. The first kappa shape index (κ1) is 21.2. The minimum absolute atomic E-state index is 0.103. The molecular formula is C27H25NO5. The molecule has 1 saturated heterocycles. The molecule has 168 valence electrons. The number of hydrogen-bond donors (Lipinski definition) is 0. The van der Waals surface area contributed by atoms with Gasteiger partial charge in [0.25, 0.3) is 0 Å². The molecule has 6 heteroatoms. The first-order valence-electron chi connectivity index (χ1n) is 11.2. The van der Waals surface area contributed by atoms with Gasteiger partial charge in [-0.1, -0.05) is 18.2 Å². The molecule has 3 heterocycles.